The number of benzene rings is 2. The zero-order valence-corrected chi connectivity index (χ0v) is 18.1. The molecular weight excluding hydrogens is 380 g/mol. The van der Waals surface area contributed by atoms with Crippen LogP contribution in [0.25, 0.3) is 0 Å². The van der Waals surface area contributed by atoms with E-state index < -0.39 is 18.5 Å². The smallest absolute Gasteiger partial charge is 0.338 e. The first-order chi connectivity index (χ1) is 14.3. The molecule has 0 aliphatic carbocycles. The van der Waals surface area contributed by atoms with E-state index in [9.17, 15) is 14.4 Å². The molecule has 0 saturated heterocycles. The molecule has 0 aliphatic heterocycles. The van der Waals surface area contributed by atoms with Gasteiger partial charge in [0.05, 0.1) is 5.56 Å². The third-order valence-electron chi connectivity index (χ3n) is 4.61. The van der Waals surface area contributed by atoms with Crippen LogP contribution in [-0.2, 0) is 16.0 Å². The third-order valence-corrected chi connectivity index (χ3v) is 4.61. The van der Waals surface area contributed by atoms with E-state index in [1.807, 2.05) is 26.0 Å². The predicted molar refractivity (Wildman–Crippen MR) is 118 cm³/mol. The lowest BCUT2D eigenvalue weighted by Crippen LogP contribution is -2.30. The molecule has 2 aromatic rings. The van der Waals surface area contributed by atoms with Crippen LogP contribution < -0.4 is 5.32 Å². The Morgan fingerprint density at radius 1 is 0.967 bits per heavy atom. The van der Waals surface area contributed by atoms with E-state index in [2.05, 4.69) is 19.2 Å². The molecule has 0 saturated carbocycles. The Labute approximate surface area is 178 Å². The Morgan fingerprint density at radius 3 is 2.23 bits per heavy atom. The number of carbonyl (C=O) groups is 3. The SMILES string of the molecule is CCN(CC)C(=O)c1cccc(NC(=O)COC(=O)c2ccc(CC(C)C)cc2)c1. The van der Waals surface area contributed by atoms with Crippen LogP contribution in [0.1, 0.15) is 54.0 Å². The maximum atomic E-state index is 12.4. The monoisotopic (exact) mass is 410 g/mol. The van der Waals surface area contributed by atoms with Crippen molar-refractivity contribution in [3.63, 3.8) is 0 Å². The lowest BCUT2D eigenvalue weighted by molar-refractivity contribution is -0.119. The maximum absolute atomic E-state index is 12.4. The Kier molecular flexibility index (Phi) is 8.59. The molecule has 2 aromatic carbocycles. The van der Waals surface area contributed by atoms with Crippen molar-refractivity contribution >= 4 is 23.5 Å². The second-order valence-corrected chi connectivity index (χ2v) is 7.48. The number of hydrogen-bond donors (Lipinski definition) is 1. The Bertz CT molecular complexity index is 871. The summed E-state index contributed by atoms with van der Waals surface area (Å²) in [6.07, 6.45) is 0.938. The number of esters is 1. The van der Waals surface area contributed by atoms with E-state index in [4.69, 9.17) is 4.74 Å². The summed E-state index contributed by atoms with van der Waals surface area (Å²) in [6.45, 7) is 8.92. The number of ether oxygens (including phenoxy) is 1. The van der Waals surface area contributed by atoms with E-state index in [0.717, 1.165) is 12.0 Å². The van der Waals surface area contributed by atoms with Gasteiger partial charge < -0.3 is 15.0 Å². The molecular formula is C24H30N2O4. The number of anilines is 1. The highest BCUT2D eigenvalue weighted by molar-refractivity contribution is 5.98. The molecule has 0 aromatic heterocycles. The van der Waals surface area contributed by atoms with Gasteiger partial charge in [0.2, 0.25) is 0 Å². The average molecular weight is 411 g/mol. The normalized spacial score (nSPS) is 10.6. The first kappa shape index (κ1) is 23.1. The van der Waals surface area contributed by atoms with E-state index >= 15 is 0 Å². The van der Waals surface area contributed by atoms with Crippen LogP contribution in [0.3, 0.4) is 0 Å². The van der Waals surface area contributed by atoms with Crippen molar-refractivity contribution in [2.45, 2.75) is 34.1 Å². The molecule has 2 amide bonds. The third kappa shape index (κ3) is 6.72. The molecule has 0 bridgehead atoms. The van der Waals surface area contributed by atoms with Crippen LogP contribution in [0, 0.1) is 5.92 Å². The molecule has 0 radical (unpaired) electrons. The van der Waals surface area contributed by atoms with Crippen LogP contribution in [0.5, 0.6) is 0 Å². The molecule has 0 fully saturated rings. The van der Waals surface area contributed by atoms with Gasteiger partial charge in [-0.15, -0.1) is 0 Å². The summed E-state index contributed by atoms with van der Waals surface area (Å²) >= 11 is 0. The summed E-state index contributed by atoms with van der Waals surface area (Å²) in [5.41, 5.74) is 2.53. The Morgan fingerprint density at radius 2 is 1.63 bits per heavy atom. The van der Waals surface area contributed by atoms with E-state index in [-0.39, 0.29) is 5.91 Å². The standard InChI is InChI=1S/C24H30N2O4/c1-5-26(6-2)23(28)20-8-7-9-21(15-20)25-22(27)16-30-24(29)19-12-10-18(11-13-19)14-17(3)4/h7-13,15,17H,5-6,14,16H2,1-4H3,(H,25,27). The minimum atomic E-state index is -0.549. The largest absolute Gasteiger partial charge is 0.452 e. The molecule has 160 valence electrons. The molecule has 0 spiro atoms. The summed E-state index contributed by atoms with van der Waals surface area (Å²) in [6, 6.07) is 13.9. The molecule has 0 atom stereocenters. The first-order valence-corrected chi connectivity index (χ1v) is 10.3. The quantitative estimate of drug-likeness (QED) is 0.630. The first-order valence-electron chi connectivity index (χ1n) is 10.3. The summed E-state index contributed by atoms with van der Waals surface area (Å²) in [5, 5.41) is 2.66. The van der Waals surface area contributed by atoms with Crippen LogP contribution in [0.15, 0.2) is 48.5 Å². The van der Waals surface area contributed by atoms with E-state index in [0.29, 0.717) is 35.8 Å². The molecule has 0 unspecified atom stereocenters. The maximum Gasteiger partial charge on any atom is 0.338 e. The van der Waals surface area contributed by atoms with Crippen LogP contribution in [-0.4, -0.2) is 42.4 Å². The van der Waals surface area contributed by atoms with Crippen molar-refractivity contribution in [1.82, 2.24) is 4.90 Å². The van der Waals surface area contributed by atoms with Gasteiger partial charge in [-0.1, -0.05) is 32.0 Å². The lowest BCUT2D eigenvalue weighted by Gasteiger charge is -2.19. The fourth-order valence-corrected chi connectivity index (χ4v) is 3.08. The topological polar surface area (TPSA) is 75.7 Å². The fourth-order valence-electron chi connectivity index (χ4n) is 3.08. The minimum absolute atomic E-state index is 0.0940. The molecule has 0 aliphatic rings. The molecule has 1 N–H and O–H groups in total. The van der Waals surface area contributed by atoms with Gasteiger partial charge in [0.1, 0.15) is 0 Å². The summed E-state index contributed by atoms with van der Waals surface area (Å²) in [5.74, 6) is -0.574. The number of hydrogen-bond acceptors (Lipinski definition) is 4. The number of nitrogens with zero attached hydrogens (tertiary/aromatic N) is 1. The second kappa shape index (κ2) is 11.1. The van der Waals surface area contributed by atoms with Crippen LogP contribution in [0.2, 0.25) is 0 Å². The Balaban J connectivity index is 1.91. The van der Waals surface area contributed by atoms with Gasteiger partial charge in [-0.25, -0.2) is 4.79 Å². The van der Waals surface area contributed by atoms with Gasteiger partial charge in [-0.3, -0.25) is 9.59 Å². The van der Waals surface area contributed by atoms with Crippen molar-refractivity contribution < 1.29 is 19.1 Å². The summed E-state index contributed by atoms with van der Waals surface area (Å²) < 4.78 is 5.11. The molecule has 0 heterocycles. The van der Waals surface area contributed by atoms with Gasteiger partial charge >= 0.3 is 5.97 Å². The van der Waals surface area contributed by atoms with Gasteiger partial charge in [-0.05, 0) is 62.1 Å². The van der Waals surface area contributed by atoms with Gasteiger partial charge in [0.25, 0.3) is 11.8 Å². The summed E-state index contributed by atoms with van der Waals surface area (Å²) in [7, 11) is 0. The van der Waals surface area contributed by atoms with Gasteiger partial charge in [0.15, 0.2) is 6.61 Å². The van der Waals surface area contributed by atoms with Crippen LogP contribution >= 0.6 is 0 Å². The van der Waals surface area contributed by atoms with Crippen molar-refractivity contribution in [3.05, 3.63) is 65.2 Å². The summed E-state index contributed by atoms with van der Waals surface area (Å²) in [4.78, 5) is 38.5. The average Bonchev–Trinajstić information content (AvgIpc) is 2.73. The highest BCUT2D eigenvalue weighted by Crippen LogP contribution is 2.14. The van der Waals surface area contributed by atoms with Crippen molar-refractivity contribution in [3.8, 4) is 0 Å². The van der Waals surface area contributed by atoms with Crippen LogP contribution in [0.4, 0.5) is 5.69 Å². The highest BCUT2D eigenvalue weighted by atomic mass is 16.5. The zero-order valence-electron chi connectivity index (χ0n) is 18.1. The van der Waals surface area contributed by atoms with Gasteiger partial charge in [0, 0.05) is 24.3 Å². The molecule has 30 heavy (non-hydrogen) atoms. The van der Waals surface area contributed by atoms with Gasteiger partial charge in [-0.2, -0.15) is 0 Å². The second-order valence-electron chi connectivity index (χ2n) is 7.48. The zero-order chi connectivity index (χ0) is 22.1. The van der Waals surface area contributed by atoms with E-state index in [1.54, 1.807) is 41.3 Å². The van der Waals surface area contributed by atoms with Crippen molar-refractivity contribution in [2.24, 2.45) is 5.92 Å². The van der Waals surface area contributed by atoms with Crippen molar-refractivity contribution in [2.75, 3.05) is 25.0 Å². The van der Waals surface area contributed by atoms with E-state index in [1.165, 1.54) is 0 Å². The molecule has 2 rings (SSSR count). The predicted octanol–water partition coefficient (Wildman–Crippen LogP) is 4.16. The number of nitrogens with one attached hydrogen (secondary N) is 1. The fraction of sp³-hybridized carbons (Fsp3) is 0.375. The lowest BCUT2D eigenvalue weighted by atomic mass is 10.0. The van der Waals surface area contributed by atoms with Crippen molar-refractivity contribution in [1.29, 1.82) is 0 Å². The highest BCUT2D eigenvalue weighted by Gasteiger charge is 2.14. The number of amides is 2. The molecule has 6 heteroatoms. The Hall–Kier alpha value is -3.15. The number of carbonyl (C=O) groups excluding carboxylic acids is 3. The number of rotatable bonds is 9. The molecule has 6 nitrogen and oxygen atoms in total. The minimum Gasteiger partial charge on any atom is -0.452 e.